The van der Waals surface area contributed by atoms with E-state index < -0.39 is 11.9 Å². The molecule has 1 aromatic heterocycles. The summed E-state index contributed by atoms with van der Waals surface area (Å²) in [5.41, 5.74) is 1.52. The van der Waals surface area contributed by atoms with Crippen LogP contribution in [0.15, 0.2) is 48.5 Å². The minimum absolute atomic E-state index is 0.268. The fourth-order valence-corrected chi connectivity index (χ4v) is 3.88. The van der Waals surface area contributed by atoms with Gasteiger partial charge in [0.25, 0.3) is 0 Å². The molecule has 8 heteroatoms. The summed E-state index contributed by atoms with van der Waals surface area (Å²) in [6, 6.07) is 14.7. The molecule has 2 aromatic carbocycles. The van der Waals surface area contributed by atoms with E-state index in [1.807, 2.05) is 24.3 Å². The van der Waals surface area contributed by atoms with Crippen molar-refractivity contribution < 1.29 is 13.2 Å². The minimum atomic E-state index is -4.49. The standard InChI is InChI=1S/C19H14ClF3IN3/c20-12-2-1-3-15(10-12)27-17-11-26(14-6-4-13(24)5-7-14)9-8-16(17)18(25-27)19(21,22)23/h1-7,10H,8-9,11H2. The summed E-state index contributed by atoms with van der Waals surface area (Å²) in [5.74, 6) is 0. The van der Waals surface area contributed by atoms with Crippen LogP contribution in [0.3, 0.4) is 0 Å². The average molecular weight is 504 g/mol. The number of benzene rings is 2. The number of hydrogen-bond donors (Lipinski definition) is 0. The molecule has 0 unspecified atom stereocenters. The molecule has 4 rings (SSSR count). The fraction of sp³-hybridized carbons (Fsp3) is 0.211. The Bertz CT molecular complexity index is 983. The second kappa shape index (κ2) is 7.01. The number of fused-ring (bicyclic) bond motifs is 1. The van der Waals surface area contributed by atoms with E-state index in [9.17, 15) is 13.2 Å². The lowest BCUT2D eigenvalue weighted by molar-refractivity contribution is -0.142. The number of anilines is 1. The summed E-state index contributed by atoms with van der Waals surface area (Å²) in [6.45, 7) is 0.865. The first-order valence-electron chi connectivity index (χ1n) is 8.27. The molecule has 3 aromatic rings. The highest BCUT2D eigenvalue weighted by molar-refractivity contribution is 14.1. The van der Waals surface area contributed by atoms with Crippen molar-refractivity contribution in [3.05, 3.63) is 74.1 Å². The highest BCUT2D eigenvalue weighted by atomic mass is 127. The van der Waals surface area contributed by atoms with Gasteiger partial charge in [-0.3, -0.25) is 0 Å². The third-order valence-corrected chi connectivity index (χ3v) is 5.53. The average Bonchev–Trinajstić information content (AvgIpc) is 3.01. The Balaban J connectivity index is 1.80. The van der Waals surface area contributed by atoms with E-state index in [-0.39, 0.29) is 12.0 Å². The second-order valence-corrected chi connectivity index (χ2v) is 7.99. The molecule has 140 valence electrons. The van der Waals surface area contributed by atoms with Crippen molar-refractivity contribution in [1.82, 2.24) is 9.78 Å². The van der Waals surface area contributed by atoms with Crippen LogP contribution in [0.4, 0.5) is 18.9 Å². The predicted molar refractivity (Wildman–Crippen MR) is 107 cm³/mol. The van der Waals surface area contributed by atoms with Crippen LogP contribution < -0.4 is 4.90 Å². The third-order valence-electron chi connectivity index (χ3n) is 4.58. The Morgan fingerprint density at radius 2 is 1.78 bits per heavy atom. The van der Waals surface area contributed by atoms with Crippen molar-refractivity contribution >= 4 is 39.9 Å². The fourth-order valence-electron chi connectivity index (χ4n) is 3.34. The van der Waals surface area contributed by atoms with Gasteiger partial charge in [-0.2, -0.15) is 18.3 Å². The SMILES string of the molecule is FC(F)(F)c1nn(-c2cccc(Cl)c2)c2c1CCN(c1ccc(I)cc1)C2. The monoisotopic (exact) mass is 503 g/mol. The Kier molecular flexibility index (Phi) is 4.84. The highest BCUT2D eigenvalue weighted by Gasteiger charge is 2.40. The van der Waals surface area contributed by atoms with E-state index in [0.717, 1.165) is 9.26 Å². The number of nitrogens with zero attached hydrogens (tertiary/aromatic N) is 3. The molecule has 2 heterocycles. The molecule has 0 N–H and O–H groups in total. The molecule has 0 spiro atoms. The largest absolute Gasteiger partial charge is 0.435 e. The second-order valence-electron chi connectivity index (χ2n) is 6.31. The molecule has 1 aliphatic heterocycles. The number of alkyl halides is 3. The molecule has 0 amide bonds. The van der Waals surface area contributed by atoms with Crippen LogP contribution in [0.1, 0.15) is 17.0 Å². The summed E-state index contributed by atoms with van der Waals surface area (Å²) < 4.78 is 43.1. The van der Waals surface area contributed by atoms with Gasteiger partial charge in [-0.15, -0.1) is 0 Å². The van der Waals surface area contributed by atoms with Gasteiger partial charge in [0.2, 0.25) is 0 Å². The summed E-state index contributed by atoms with van der Waals surface area (Å²) in [5, 5.41) is 4.38. The lowest BCUT2D eigenvalue weighted by atomic mass is 10.0. The van der Waals surface area contributed by atoms with Crippen LogP contribution in [0.25, 0.3) is 5.69 Å². The zero-order chi connectivity index (χ0) is 19.2. The smallest absolute Gasteiger partial charge is 0.365 e. The molecular weight excluding hydrogens is 490 g/mol. The Morgan fingerprint density at radius 3 is 2.44 bits per heavy atom. The van der Waals surface area contributed by atoms with E-state index in [4.69, 9.17) is 11.6 Å². The van der Waals surface area contributed by atoms with Crippen molar-refractivity contribution in [1.29, 1.82) is 0 Å². The first-order chi connectivity index (χ1) is 12.8. The molecular formula is C19H14ClF3IN3. The van der Waals surface area contributed by atoms with Crippen LogP contribution >= 0.6 is 34.2 Å². The van der Waals surface area contributed by atoms with E-state index in [0.29, 0.717) is 29.5 Å². The zero-order valence-corrected chi connectivity index (χ0v) is 16.9. The predicted octanol–water partition coefficient (Wildman–Crippen LogP) is 5.71. The van der Waals surface area contributed by atoms with E-state index in [2.05, 4.69) is 32.6 Å². The molecule has 27 heavy (non-hydrogen) atoms. The Hall–Kier alpha value is -1.74. The maximum atomic E-state index is 13.5. The first kappa shape index (κ1) is 18.6. The number of hydrogen-bond acceptors (Lipinski definition) is 2. The van der Waals surface area contributed by atoms with Gasteiger partial charge in [0.05, 0.1) is 17.9 Å². The van der Waals surface area contributed by atoms with Gasteiger partial charge in [0.15, 0.2) is 5.69 Å². The molecule has 1 aliphatic rings. The Morgan fingerprint density at radius 1 is 1.04 bits per heavy atom. The van der Waals surface area contributed by atoms with Crippen molar-refractivity contribution in [3.8, 4) is 5.69 Å². The van der Waals surface area contributed by atoms with Gasteiger partial charge in [0.1, 0.15) is 0 Å². The van der Waals surface area contributed by atoms with Crippen LogP contribution in [-0.4, -0.2) is 16.3 Å². The topological polar surface area (TPSA) is 21.1 Å². The summed E-state index contributed by atoms with van der Waals surface area (Å²) in [7, 11) is 0. The molecule has 3 nitrogen and oxygen atoms in total. The normalized spacial score (nSPS) is 14.3. The molecule has 0 saturated heterocycles. The van der Waals surface area contributed by atoms with Gasteiger partial charge >= 0.3 is 6.18 Å². The zero-order valence-electron chi connectivity index (χ0n) is 14.0. The van der Waals surface area contributed by atoms with Crippen LogP contribution in [0.5, 0.6) is 0 Å². The van der Waals surface area contributed by atoms with Gasteiger partial charge in [-0.05, 0) is 71.5 Å². The summed E-state index contributed by atoms with van der Waals surface area (Å²) >= 11 is 8.27. The quantitative estimate of drug-likeness (QED) is 0.418. The minimum Gasteiger partial charge on any atom is -0.365 e. The van der Waals surface area contributed by atoms with E-state index in [1.165, 1.54) is 4.68 Å². The van der Waals surface area contributed by atoms with Crippen LogP contribution in [0.2, 0.25) is 5.02 Å². The Labute approximate surface area is 172 Å². The van der Waals surface area contributed by atoms with Crippen LogP contribution in [-0.2, 0) is 19.1 Å². The molecule has 0 fully saturated rings. The number of aromatic nitrogens is 2. The molecule has 0 aliphatic carbocycles. The van der Waals surface area contributed by atoms with E-state index >= 15 is 0 Å². The highest BCUT2D eigenvalue weighted by Crippen LogP contribution is 2.37. The van der Waals surface area contributed by atoms with Gasteiger partial charge in [-0.25, -0.2) is 4.68 Å². The van der Waals surface area contributed by atoms with Crippen LogP contribution in [0, 0.1) is 3.57 Å². The lowest BCUT2D eigenvalue weighted by Crippen LogP contribution is -2.31. The van der Waals surface area contributed by atoms with Crippen molar-refractivity contribution in [2.45, 2.75) is 19.1 Å². The number of halogens is 5. The maximum Gasteiger partial charge on any atom is 0.435 e. The molecule has 0 radical (unpaired) electrons. The molecule has 0 saturated carbocycles. The lowest BCUT2D eigenvalue weighted by Gasteiger charge is -2.30. The van der Waals surface area contributed by atoms with Crippen molar-refractivity contribution in [2.75, 3.05) is 11.4 Å². The maximum absolute atomic E-state index is 13.5. The van der Waals surface area contributed by atoms with E-state index in [1.54, 1.807) is 24.3 Å². The van der Waals surface area contributed by atoms with Gasteiger partial charge < -0.3 is 4.90 Å². The third kappa shape index (κ3) is 3.67. The van der Waals surface area contributed by atoms with Crippen molar-refractivity contribution in [3.63, 3.8) is 0 Å². The van der Waals surface area contributed by atoms with Gasteiger partial charge in [0, 0.05) is 26.4 Å². The summed E-state index contributed by atoms with van der Waals surface area (Å²) in [6.07, 6.45) is -4.20. The first-order valence-corrected chi connectivity index (χ1v) is 9.73. The van der Waals surface area contributed by atoms with Gasteiger partial charge in [-0.1, -0.05) is 17.7 Å². The molecule has 0 atom stereocenters. The van der Waals surface area contributed by atoms with Crippen molar-refractivity contribution in [2.24, 2.45) is 0 Å². The summed E-state index contributed by atoms with van der Waals surface area (Å²) in [4.78, 5) is 2.07. The molecule has 0 bridgehead atoms. The number of rotatable bonds is 2.